The lowest BCUT2D eigenvalue weighted by Crippen LogP contribution is -2.48. The first-order chi connectivity index (χ1) is 8.76. The maximum Gasteiger partial charge on any atom is 0.333 e. The fourth-order valence-electron chi connectivity index (χ4n) is 2.13. The van der Waals surface area contributed by atoms with Crippen molar-refractivity contribution in [2.24, 2.45) is 5.92 Å². The molecule has 0 heterocycles. The van der Waals surface area contributed by atoms with Crippen LogP contribution in [0, 0.1) is 5.92 Å². The van der Waals surface area contributed by atoms with Gasteiger partial charge in [-0.2, -0.15) is 0 Å². The van der Waals surface area contributed by atoms with Gasteiger partial charge < -0.3 is 9.84 Å². The Morgan fingerprint density at radius 1 is 1.32 bits per heavy atom. The Balaban J connectivity index is 0.00000154. The first-order valence-corrected chi connectivity index (χ1v) is 6.98. The first-order valence-electron chi connectivity index (χ1n) is 6.98. The number of aliphatic hydroxyl groups excluding tert-OH is 1. The highest BCUT2D eigenvalue weighted by molar-refractivity contribution is 5.87. The molecule has 0 radical (unpaired) electrons. The second-order valence-electron chi connectivity index (χ2n) is 5.32. The zero-order valence-electron chi connectivity index (χ0n) is 13.0. The fourth-order valence-corrected chi connectivity index (χ4v) is 2.13. The fraction of sp³-hybridized carbons (Fsp3) is 0.688. The Kier molecular flexibility index (Phi) is 7.06. The van der Waals surface area contributed by atoms with E-state index >= 15 is 0 Å². The Bertz CT molecular complexity index is 346. The summed E-state index contributed by atoms with van der Waals surface area (Å²) in [4.78, 5) is 11.5. The van der Waals surface area contributed by atoms with Gasteiger partial charge in [0.1, 0.15) is 5.60 Å². The number of carbonyl (C=O) groups excluding carboxylic acids is 1. The minimum absolute atomic E-state index is 0.321. The van der Waals surface area contributed by atoms with Crippen molar-refractivity contribution in [3.63, 3.8) is 0 Å². The van der Waals surface area contributed by atoms with Gasteiger partial charge in [-0.25, -0.2) is 4.79 Å². The van der Waals surface area contributed by atoms with Crippen molar-refractivity contribution in [3.05, 3.63) is 24.3 Å². The molecule has 0 bridgehead atoms. The van der Waals surface area contributed by atoms with Crippen molar-refractivity contribution in [1.29, 1.82) is 0 Å². The molecule has 1 fully saturated rings. The largest absolute Gasteiger partial charge is 0.453 e. The average molecular weight is 268 g/mol. The maximum absolute atomic E-state index is 11.5. The zero-order chi connectivity index (χ0) is 15.2. The second-order valence-corrected chi connectivity index (χ2v) is 5.32. The normalized spacial score (nSPS) is 29.8. The molecule has 0 amide bonds. The molecule has 3 nitrogen and oxygen atoms in total. The number of ether oxygens (including phenoxy) is 1. The molecule has 0 aromatic carbocycles. The molecule has 1 N–H and O–H groups in total. The van der Waals surface area contributed by atoms with Crippen LogP contribution in [0.2, 0.25) is 0 Å². The predicted octanol–water partition coefficient (Wildman–Crippen LogP) is 3.63. The van der Waals surface area contributed by atoms with Gasteiger partial charge >= 0.3 is 5.97 Å². The topological polar surface area (TPSA) is 46.5 Å². The van der Waals surface area contributed by atoms with Crippen LogP contribution in [-0.4, -0.2) is 22.8 Å². The number of aliphatic hydroxyl groups is 1. The summed E-state index contributed by atoms with van der Waals surface area (Å²) in [6.45, 7) is 16.8. The van der Waals surface area contributed by atoms with E-state index < -0.39 is 17.7 Å². The maximum atomic E-state index is 11.5. The lowest BCUT2D eigenvalue weighted by Gasteiger charge is -2.41. The molecular weight excluding hydrogens is 240 g/mol. The molecule has 1 aliphatic carbocycles. The van der Waals surface area contributed by atoms with Crippen molar-refractivity contribution in [3.8, 4) is 0 Å². The number of allylic oxidation sites excluding steroid dienone is 1. The Hall–Kier alpha value is -1.09. The van der Waals surface area contributed by atoms with Crippen LogP contribution >= 0.6 is 0 Å². The highest BCUT2D eigenvalue weighted by Gasteiger charge is 2.42. The van der Waals surface area contributed by atoms with Crippen molar-refractivity contribution >= 4 is 5.97 Å². The van der Waals surface area contributed by atoms with Gasteiger partial charge in [-0.15, -0.1) is 0 Å². The Morgan fingerprint density at radius 3 is 2.21 bits per heavy atom. The summed E-state index contributed by atoms with van der Waals surface area (Å²) in [5.41, 5.74) is 0.653. The van der Waals surface area contributed by atoms with Crippen LogP contribution in [-0.2, 0) is 9.53 Å². The summed E-state index contributed by atoms with van der Waals surface area (Å²) in [7, 11) is 0. The molecule has 0 spiro atoms. The molecule has 3 atom stereocenters. The van der Waals surface area contributed by atoms with Crippen molar-refractivity contribution in [2.45, 2.75) is 65.6 Å². The third kappa shape index (κ3) is 4.83. The third-order valence-electron chi connectivity index (χ3n) is 3.57. The van der Waals surface area contributed by atoms with Gasteiger partial charge in [-0.05, 0) is 46.0 Å². The van der Waals surface area contributed by atoms with Crippen LogP contribution < -0.4 is 0 Å². The smallest absolute Gasteiger partial charge is 0.333 e. The van der Waals surface area contributed by atoms with Gasteiger partial charge in [0.25, 0.3) is 0 Å². The van der Waals surface area contributed by atoms with Crippen molar-refractivity contribution in [1.82, 2.24) is 0 Å². The van der Waals surface area contributed by atoms with Crippen LogP contribution in [0.5, 0.6) is 0 Å². The summed E-state index contributed by atoms with van der Waals surface area (Å²) in [5, 5.41) is 10.1. The molecular formula is C16H28O3. The number of hydrogen-bond acceptors (Lipinski definition) is 3. The SMILES string of the molecule is C=C(C)C(=O)OC1(C)CCC(C(=C)C)CC1O.CC. The number of hydrogen-bond donors (Lipinski definition) is 1. The molecule has 110 valence electrons. The summed E-state index contributed by atoms with van der Waals surface area (Å²) >= 11 is 0. The molecule has 1 aliphatic rings. The molecule has 0 aromatic rings. The van der Waals surface area contributed by atoms with E-state index in [0.29, 0.717) is 24.3 Å². The van der Waals surface area contributed by atoms with Crippen LogP contribution in [0.15, 0.2) is 24.3 Å². The predicted molar refractivity (Wildman–Crippen MR) is 78.8 cm³/mol. The molecule has 3 heteroatoms. The Morgan fingerprint density at radius 2 is 1.84 bits per heavy atom. The van der Waals surface area contributed by atoms with E-state index in [2.05, 4.69) is 13.2 Å². The lowest BCUT2D eigenvalue weighted by atomic mass is 9.75. The Labute approximate surface area is 117 Å². The van der Waals surface area contributed by atoms with Gasteiger partial charge in [0.05, 0.1) is 6.10 Å². The van der Waals surface area contributed by atoms with E-state index in [0.717, 1.165) is 12.0 Å². The van der Waals surface area contributed by atoms with Gasteiger partial charge in [-0.1, -0.05) is 32.6 Å². The summed E-state index contributed by atoms with van der Waals surface area (Å²) in [5.74, 6) is -0.109. The number of carbonyl (C=O) groups is 1. The van der Waals surface area contributed by atoms with E-state index in [1.807, 2.05) is 20.8 Å². The highest BCUT2D eigenvalue weighted by Crippen LogP contribution is 2.37. The molecule has 0 aromatic heterocycles. The number of rotatable bonds is 3. The minimum atomic E-state index is -0.790. The third-order valence-corrected chi connectivity index (χ3v) is 3.57. The quantitative estimate of drug-likeness (QED) is 0.483. The first kappa shape index (κ1) is 17.9. The monoisotopic (exact) mass is 268 g/mol. The van der Waals surface area contributed by atoms with Crippen LogP contribution in [0.25, 0.3) is 0 Å². The van der Waals surface area contributed by atoms with Gasteiger partial charge in [0.15, 0.2) is 0 Å². The van der Waals surface area contributed by atoms with E-state index in [-0.39, 0.29) is 0 Å². The van der Waals surface area contributed by atoms with Crippen LogP contribution in [0.4, 0.5) is 0 Å². The molecule has 0 saturated heterocycles. The standard InChI is InChI=1S/C14H22O3.C2H6/c1-9(2)11-6-7-14(5,12(15)8-11)17-13(16)10(3)4;1-2/h11-12,15H,1,3,6-8H2,2,4-5H3;1-2H3. The van der Waals surface area contributed by atoms with Crippen molar-refractivity contribution < 1.29 is 14.6 Å². The van der Waals surface area contributed by atoms with Crippen molar-refractivity contribution in [2.75, 3.05) is 0 Å². The molecule has 19 heavy (non-hydrogen) atoms. The van der Waals surface area contributed by atoms with E-state index in [1.165, 1.54) is 0 Å². The van der Waals surface area contributed by atoms with Gasteiger partial charge in [0, 0.05) is 5.57 Å². The lowest BCUT2D eigenvalue weighted by molar-refractivity contribution is -0.173. The minimum Gasteiger partial charge on any atom is -0.453 e. The van der Waals surface area contributed by atoms with E-state index in [9.17, 15) is 9.90 Å². The van der Waals surface area contributed by atoms with Crippen LogP contribution in [0.3, 0.4) is 0 Å². The summed E-state index contributed by atoms with van der Waals surface area (Å²) in [6.07, 6.45) is 1.52. The van der Waals surface area contributed by atoms with E-state index in [1.54, 1.807) is 13.8 Å². The van der Waals surface area contributed by atoms with Gasteiger partial charge in [0.2, 0.25) is 0 Å². The number of esters is 1. The summed E-state index contributed by atoms with van der Waals surface area (Å²) in [6, 6.07) is 0. The van der Waals surface area contributed by atoms with Gasteiger partial charge in [-0.3, -0.25) is 0 Å². The van der Waals surface area contributed by atoms with E-state index in [4.69, 9.17) is 4.74 Å². The average Bonchev–Trinajstić information content (AvgIpc) is 2.35. The molecule has 0 aliphatic heterocycles. The highest BCUT2D eigenvalue weighted by atomic mass is 16.6. The molecule has 3 unspecified atom stereocenters. The van der Waals surface area contributed by atoms with Crippen LogP contribution in [0.1, 0.15) is 53.9 Å². The zero-order valence-corrected chi connectivity index (χ0v) is 13.0. The summed E-state index contributed by atoms with van der Waals surface area (Å²) < 4.78 is 5.36. The molecule has 1 rings (SSSR count). The molecule has 1 saturated carbocycles. The second kappa shape index (κ2) is 7.49.